The van der Waals surface area contributed by atoms with Crippen molar-refractivity contribution in [2.24, 2.45) is 0 Å². The quantitative estimate of drug-likeness (QED) is 0.787. The molecule has 0 atom stereocenters. The van der Waals surface area contributed by atoms with Crippen LogP contribution in [0.2, 0.25) is 0 Å². The highest BCUT2D eigenvalue weighted by molar-refractivity contribution is 6.01. The number of amides is 1. The van der Waals surface area contributed by atoms with Crippen molar-refractivity contribution in [1.29, 1.82) is 0 Å². The second kappa shape index (κ2) is 6.05. The van der Waals surface area contributed by atoms with E-state index in [4.69, 9.17) is 9.84 Å². The van der Waals surface area contributed by atoms with E-state index in [0.717, 1.165) is 11.3 Å². The molecule has 0 aliphatic rings. The number of carboxylic acids is 1. The van der Waals surface area contributed by atoms with Crippen molar-refractivity contribution in [2.45, 2.75) is 26.2 Å². The topological polar surface area (TPSA) is 75.6 Å². The summed E-state index contributed by atoms with van der Waals surface area (Å²) in [5.74, 6) is -0.690. The monoisotopic (exact) mass is 251 g/mol. The summed E-state index contributed by atoms with van der Waals surface area (Å²) < 4.78 is 5.22. The third kappa shape index (κ3) is 3.76. The maximum absolute atomic E-state index is 11.3. The Labute approximate surface area is 106 Å². The molecule has 0 spiro atoms. The number of nitrogens with one attached hydrogen (secondary N) is 1. The fourth-order valence-corrected chi connectivity index (χ4v) is 1.61. The number of hydrogen-bond acceptors (Lipinski definition) is 3. The minimum atomic E-state index is -1.15. The Kier molecular flexibility index (Phi) is 4.71. The van der Waals surface area contributed by atoms with Gasteiger partial charge in [0, 0.05) is 5.69 Å². The number of carbonyl (C=O) groups excluding carboxylic acids is 1. The second-order valence-electron chi connectivity index (χ2n) is 4.23. The van der Waals surface area contributed by atoms with Gasteiger partial charge in [-0.1, -0.05) is 13.8 Å². The molecule has 1 aromatic rings. The number of benzene rings is 1. The van der Waals surface area contributed by atoms with Crippen LogP contribution >= 0.6 is 0 Å². The van der Waals surface area contributed by atoms with Crippen LogP contribution < -0.4 is 10.1 Å². The summed E-state index contributed by atoms with van der Waals surface area (Å²) in [6, 6.07) is 5.24. The third-order valence-electron chi connectivity index (χ3n) is 2.45. The van der Waals surface area contributed by atoms with Crippen molar-refractivity contribution in [3.05, 3.63) is 23.8 Å². The second-order valence-corrected chi connectivity index (χ2v) is 4.23. The molecule has 5 heteroatoms. The van der Waals surface area contributed by atoms with Crippen LogP contribution in [0.3, 0.4) is 0 Å². The van der Waals surface area contributed by atoms with E-state index < -0.39 is 18.3 Å². The van der Waals surface area contributed by atoms with Gasteiger partial charge in [-0.2, -0.15) is 0 Å². The zero-order chi connectivity index (χ0) is 13.7. The van der Waals surface area contributed by atoms with Gasteiger partial charge < -0.3 is 15.2 Å². The Morgan fingerprint density at radius 1 is 1.39 bits per heavy atom. The van der Waals surface area contributed by atoms with E-state index in [1.165, 1.54) is 0 Å². The lowest BCUT2D eigenvalue weighted by molar-refractivity contribution is -0.139. The van der Waals surface area contributed by atoms with Gasteiger partial charge in [0.1, 0.15) is 12.2 Å². The van der Waals surface area contributed by atoms with E-state index >= 15 is 0 Å². The Morgan fingerprint density at radius 3 is 2.56 bits per heavy atom. The lowest BCUT2D eigenvalue weighted by Crippen LogP contribution is -2.16. The average Bonchev–Trinajstić information content (AvgIpc) is 2.27. The normalized spacial score (nSPS) is 10.2. The molecule has 1 rings (SSSR count). The van der Waals surface area contributed by atoms with E-state index in [1.807, 2.05) is 13.8 Å². The Bertz CT molecular complexity index is 454. The van der Waals surface area contributed by atoms with Crippen molar-refractivity contribution in [2.75, 3.05) is 12.4 Å². The molecule has 0 aliphatic heterocycles. The summed E-state index contributed by atoms with van der Waals surface area (Å²) in [5, 5.41) is 11.1. The van der Waals surface area contributed by atoms with Gasteiger partial charge in [-0.3, -0.25) is 9.59 Å². The van der Waals surface area contributed by atoms with Crippen molar-refractivity contribution in [3.8, 4) is 5.75 Å². The van der Waals surface area contributed by atoms with Gasteiger partial charge >= 0.3 is 5.97 Å². The lowest BCUT2D eigenvalue weighted by atomic mass is 10.0. The first-order valence-corrected chi connectivity index (χ1v) is 5.63. The first kappa shape index (κ1) is 14.0. The van der Waals surface area contributed by atoms with Crippen molar-refractivity contribution in [1.82, 2.24) is 0 Å². The van der Waals surface area contributed by atoms with Crippen molar-refractivity contribution >= 4 is 17.6 Å². The molecular formula is C13H17NO4. The van der Waals surface area contributed by atoms with Gasteiger partial charge in [-0.15, -0.1) is 0 Å². The average molecular weight is 251 g/mol. The van der Waals surface area contributed by atoms with Gasteiger partial charge in [-0.25, -0.2) is 0 Å². The zero-order valence-corrected chi connectivity index (χ0v) is 10.7. The highest BCUT2D eigenvalue weighted by atomic mass is 16.5. The van der Waals surface area contributed by atoms with E-state index in [2.05, 4.69) is 5.32 Å². The molecule has 0 aromatic heterocycles. The fraction of sp³-hybridized carbons (Fsp3) is 0.385. The van der Waals surface area contributed by atoms with Crippen LogP contribution in [-0.2, 0) is 9.59 Å². The van der Waals surface area contributed by atoms with Crippen molar-refractivity contribution < 1.29 is 19.4 Å². The van der Waals surface area contributed by atoms with Gasteiger partial charge in [0.2, 0.25) is 5.91 Å². The molecule has 5 nitrogen and oxygen atoms in total. The number of hydrogen-bond donors (Lipinski definition) is 2. The van der Waals surface area contributed by atoms with Crippen molar-refractivity contribution in [3.63, 3.8) is 0 Å². The Morgan fingerprint density at radius 2 is 2.06 bits per heavy atom. The van der Waals surface area contributed by atoms with Crippen LogP contribution in [0.5, 0.6) is 5.75 Å². The number of rotatable bonds is 5. The standard InChI is InChI=1S/C13H17NO4/c1-8(2)10-6-9(4-5-11(10)18-3)14-12(15)7-13(16)17/h4-6,8H,7H2,1-3H3,(H,14,15)(H,16,17). The predicted octanol–water partition coefficient (Wildman–Crippen LogP) is 2.23. The highest BCUT2D eigenvalue weighted by Gasteiger charge is 2.11. The maximum Gasteiger partial charge on any atom is 0.312 e. The van der Waals surface area contributed by atoms with E-state index in [0.29, 0.717) is 5.69 Å². The van der Waals surface area contributed by atoms with Gasteiger partial charge in [0.25, 0.3) is 0 Å². The number of methoxy groups -OCH3 is 1. The molecule has 18 heavy (non-hydrogen) atoms. The first-order chi connectivity index (χ1) is 8.43. The molecule has 0 saturated heterocycles. The van der Waals surface area contributed by atoms with E-state index in [1.54, 1.807) is 25.3 Å². The molecule has 98 valence electrons. The number of carboxylic acid groups (broad SMARTS) is 1. The molecule has 0 fully saturated rings. The van der Waals surface area contributed by atoms with Crippen LogP contribution in [0.25, 0.3) is 0 Å². The molecule has 0 heterocycles. The molecular weight excluding hydrogens is 234 g/mol. The molecule has 0 aliphatic carbocycles. The molecule has 2 N–H and O–H groups in total. The Hall–Kier alpha value is -2.04. The summed E-state index contributed by atoms with van der Waals surface area (Å²) in [4.78, 5) is 21.7. The molecule has 0 bridgehead atoms. The SMILES string of the molecule is COc1ccc(NC(=O)CC(=O)O)cc1C(C)C. The predicted molar refractivity (Wildman–Crippen MR) is 68.0 cm³/mol. The van der Waals surface area contributed by atoms with Crippen LogP contribution in [0.4, 0.5) is 5.69 Å². The molecule has 0 unspecified atom stereocenters. The van der Waals surface area contributed by atoms with Crippen LogP contribution in [0.15, 0.2) is 18.2 Å². The van der Waals surface area contributed by atoms with Gasteiger partial charge in [0.05, 0.1) is 7.11 Å². The summed E-state index contributed by atoms with van der Waals surface area (Å²) in [6.07, 6.45) is -0.539. The van der Waals surface area contributed by atoms with E-state index in [-0.39, 0.29) is 5.92 Å². The number of anilines is 1. The van der Waals surface area contributed by atoms with Gasteiger partial charge in [0.15, 0.2) is 0 Å². The minimum Gasteiger partial charge on any atom is -0.496 e. The number of ether oxygens (including phenoxy) is 1. The molecule has 1 amide bonds. The molecule has 1 aromatic carbocycles. The molecule has 0 saturated carbocycles. The third-order valence-corrected chi connectivity index (χ3v) is 2.45. The maximum atomic E-state index is 11.3. The largest absolute Gasteiger partial charge is 0.496 e. The van der Waals surface area contributed by atoms with Crippen LogP contribution in [0.1, 0.15) is 31.7 Å². The smallest absolute Gasteiger partial charge is 0.312 e. The Balaban J connectivity index is 2.88. The first-order valence-electron chi connectivity index (χ1n) is 5.63. The fourth-order valence-electron chi connectivity index (χ4n) is 1.61. The molecule has 0 radical (unpaired) electrons. The van der Waals surface area contributed by atoms with Gasteiger partial charge in [-0.05, 0) is 29.7 Å². The summed E-state index contributed by atoms with van der Waals surface area (Å²) in [6.45, 7) is 4.03. The van der Waals surface area contributed by atoms with Crippen LogP contribution in [-0.4, -0.2) is 24.1 Å². The summed E-state index contributed by atoms with van der Waals surface area (Å²) in [7, 11) is 1.59. The summed E-state index contributed by atoms with van der Waals surface area (Å²) >= 11 is 0. The highest BCUT2D eigenvalue weighted by Crippen LogP contribution is 2.29. The lowest BCUT2D eigenvalue weighted by Gasteiger charge is -2.13. The number of carbonyl (C=O) groups is 2. The zero-order valence-electron chi connectivity index (χ0n) is 10.7. The summed E-state index contributed by atoms with van der Waals surface area (Å²) in [5.41, 5.74) is 1.54. The van der Waals surface area contributed by atoms with Crippen LogP contribution in [0, 0.1) is 0 Å². The van der Waals surface area contributed by atoms with E-state index in [9.17, 15) is 9.59 Å². The minimum absolute atomic E-state index is 0.247. The number of aliphatic carboxylic acids is 1.